The molecular weight excluding hydrogens is 329 g/mol. The molecule has 0 fully saturated rings. The number of hydrogen-bond donors (Lipinski definition) is 0. The van der Waals surface area contributed by atoms with Gasteiger partial charge in [0, 0.05) is 0 Å². The third-order valence-corrected chi connectivity index (χ3v) is 5.11. The Hall–Kier alpha value is -1.80. The van der Waals surface area contributed by atoms with E-state index in [2.05, 4.69) is 0 Å². The molecule has 6 heteroatoms. The number of rotatable bonds is 3. The van der Waals surface area contributed by atoms with Gasteiger partial charge in [0.05, 0.1) is 14.9 Å². The third-order valence-electron chi connectivity index (χ3n) is 2.69. The quantitative estimate of drug-likeness (QED) is 0.783. The minimum absolute atomic E-state index is 0.0675. The van der Waals surface area contributed by atoms with Crippen LogP contribution < -0.4 is 0 Å². The van der Waals surface area contributed by atoms with Gasteiger partial charge in [0.1, 0.15) is 11.0 Å². The summed E-state index contributed by atoms with van der Waals surface area (Å²) in [4.78, 5) is -0.287. The normalized spacial score (nSPS) is 12.0. The largest absolute Gasteiger partial charge is 0.218 e. The molecule has 0 aromatic heterocycles. The SMILES string of the molecule is N#CC(=Cc1ccc(Cl)c(Cl)c1)S(=O)(=O)c1ccccc1. The van der Waals surface area contributed by atoms with Crippen LogP contribution in [-0.2, 0) is 9.84 Å². The van der Waals surface area contributed by atoms with Crippen molar-refractivity contribution in [3.8, 4) is 6.07 Å². The van der Waals surface area contributed by atoms with E-state index < -0.39 is 9.84 Å². The first kappa shape index (κ1) is 15.6. The zero-order valence-electron chi connectivity index (χ0n) is 10.6. The molecule has 0 amide bonds. The summed E-state index contributed by atoms with van der Waals surface area (Å²) in [6.45, 7) is 0. The van der Waals surface area contributed by atoms with Gasteiger partial charge in [-0.15, -0.1) is 0 Å². The molecule has 0 aliphatic heterocycles. The van der Waals surface area contributed by atoms with Gasteiger partial charge in [0.15, 0.2) is 0 Å². The Kier molecular flexibility index (Phi) is 4.69. The molecule has 0 aliphatic rings. The molecule has 0 bridgehead atoms. The highest BCUT2D eigenvalue weighted by atomic mass is 35.5. The fourth-order valence-corrected chi connectivity index (χ4v) is 3.14. The summed E-state index contributed by atoms with van der Waals surface area (Å²) in [5.74, 6) is 0. The zero-order valence-corrected chi connectivity index (χ0v) is 13.0. The molecule has 2 rings (SSSR count). The van der Waals surface area contributed by atoms with Gasteiger partial charge in [0.25, 0.3) is 0 Å². The maximum absolute atomic E-state index is 12.4. The van der Waals surface area contributed by atoms with Crippen molar-refractivity contribution in [1.82, 2.24) is 0 Å². The Balaban J connectivity index is 2.51. The van der Waals surface area contributed by atoms with Crippen LogP contribution in [0, 0.1) is 11.3 Å². The van der Waals surface area contributed by atoms with Crippen molar-refractivity contribution in [1.29, 1.82) is 5.26 Å². The summed E-state index contributed by atoms with van der Waals surface area (Å²) < 4.78 is 24.7. The Labute approximate surface area is 133 Å². The average Bonchev–Trinajstić information content (AvgIpc) is 2.49. The van der Waals surface area contributed by atoms with Gasteiger partial charge in [-0.25, -0.2) is 8.42 Å². The summed E-state index contributed by atoms with van der Waals surface area (Å²) in [5.41, 5.74) is 0.487. The summed E-state index contributed by atoms with van der Waals surface area (Å²) >= 11 is 11.7. The van der Waals surface area contributed by atoms with E-state index in [9.17, 15) is 8.42 Å². The lowest BCUT2D eigenvalue weighted by Gasteiger charge is -2.03. The monoisotopic (exact) mass is 337 g/mol. The van der Waals surface area contributed by atoms with Gasteiger partial charge in [-0.1, -0.05) is 47.5 Å². The molecule has 0 radical (unpaired) electrons. The average molecular weight is 338 g/mol. The highest BCUT2D eigenvalue weighted by molar-refractivity contribution is 7.95. The summed E-state index contributed by atoms with van der Waals surface area (Å²) in [6.07, 6.45) is 1.27. The van der Waals surface area contributed by atoms with Crippen LogP contribution in [0.15, 0.2) is 58.3 Å². The van der Waals surface area contributed by atoms with Crippen molar-refractivity contribution in [2.75, 3.05) is 0 Å². The van der Waals surface area contributed by atoms with E-state index in [1.807, 2.05) is 0 Å². The zero-order chi connectivity index (χ0) is 15.5. The van der Waals surface area contributed by atoms with Crippen LogP contribution in [-0.4, -0.2) is 8.42 Å². The molecule has 2 aromatic carbocycles. The molecule has 0 saturated carbocycles. The van der Waals surface area contributed by atoms with Crippen molar-refractivity contribution in [2.24, 2.45) is 0 Å². The lowest BCUT2D eigenvalue weighted by Crippen LogP contribution is -2.03. The van der Waals surface area contributed by atoms with E-state index in [1.165, 1.54) is 24.3 Å². The highest BCUT2D eigenvalue weighted by Gasteiger charge is 2.20. The fraction of sp³-hybridized carbons (Fsp3) is 0. The van der Waals surface area contributed by atoms with Crippen LogP contribution in [0.25, 0.3) is 6.08 Å². The lowest BCUT2D eigenvalue weighted by molar-refractivity contribution is 0.603. The third kappa shape index (κ3) is 3.45. The number of allylic oxidation sites excluding steroid dienone is 1. The molecule has 0 aliphatic carbocycles. The second kappa shape index (κ2) is 6.31. The summed E-state index contributed by atoms with van der Waals surface area (Å²) in [5, 5.41) is 9.80. The van der Waals surface area contributed by atoms with E-state index >= 15 is 0 Å². The van der Waals surface area contributed by atoms with Crippen LogP contribution >= 0.6 is 23.2 Å². The van der Waals surface area contributed by atoms with Gasteiger partial charge < -0.3 is 0 Å². The second-order valence-electron chi connectivity index (χ2n) is 4.11. The molecule has 21 heavy (non-hydrogen) atoms. The maximum Gasteiger partial charge on any atom is 0.216 e. The van der Waals surface area contributed by atoms with Crippen LogP contribution in [0.2, 0.25) is 10.0 Å². The van der Waals surface area contributed by atoms with Crippen molar-refractivity contribution in [3.05, 3.63) is 69.0 Å². The number of sulfone groups is 1. The number of nitriles is 1. The predicted molar refractivity (Wildman–Crippen MR) is 83.7 cm³/mol. The molecular formula is C15H9Cl2NO2S. The van der Waals surface area contributed by atoms with E-state index in [0.29, 0.717) is 15.6 Å². The number of nitrogens with zero attached hydrogens (tertiary/aromatic N) is 1. The van der Waals surface area contributed by atoms with Gasteiger partial charge >= 0.3 is 0 Å². The molecule has 0 unspecified atom stereocenters. The lowest BCUT2D eigenvalue weighted by atomic mass is 10.2. The highest BCUT2D eigenvalue weighted by Crippen LogP contribution is 2.26. The van der Waals surface area contributed by atoms with E-state index in [0.717, 1.165) is 0 Å². The van der Waals surface area contributed by atoms with Crippen LogP contribution in [0.4, 0.5) is 0 Å². The molecule has 0 saturated heterocycles. The van der Waals surface area contributed by atoms with Crippen molar-refractivity contribution < 1.29 is 8.42 Å². The topological polar surface area (TPSA) is 57.9 Å². The molecule has 0 N–H and O–H groups in total. The van der Waals surface area contributed by atoms with Crippen LogP contribution in [0.1, 0.15) is 5.56 Å². The number of benzene rings is 2. The molecule has 0 heterocycles. The molecule has 0 atom stereocenters. The Morgan fingerprint density at radius 2 is 1.71 bits per heavy atom. The molecule has 3 nitrogen and oxygen atoms in total. The molecule has 0 spiro atoms. The molecule has 106 valence electrons. The molecule has 2 aromatic rings. The fourth-order valence-electron chi connectivity index (χ4n) is 1.65. The second-order valence-corrected chi connectivity index (χ2v) is 6.84. The van der Waals surface area contributed by atoms with Crippen molar-refractivity contribution in [3.63, 3.8) is 0 Å². The first-order valence-corrected chi connectivity index (χ1v) is 8.06. The van der Waals surface area contributed by atoms with E-state index in [-0.39, 0.29) is 9.80 Å². The standard InChI is InChI=1S/C15H9Cl2NO2S/c16-14-7-6-11(9-15(14)17)8-13(10-18)21(19,20)12-4-2-1-3-5-12/h1-9H. The number of halogens is 2. The van der Waals surface area contributed by atoms with Gasteiger partial charge in [-0.2, -0.15) is 5.26 Å². The summed E-state index contributed by atoms with van der Waals surface area (Å²) in [6, 6.07) is 14.1. The first-order valence-electron chi connectivity index (χ1n) is 5.82. The summed E-state index contributed by atoms with van der Waals surface area (Å²) in [7, 11) is -3.85. The van der Waals surface area contributed by atoms with Crippen LogP contribution in [0.3, 0.4) is 0 Å². The van der Waals surface area contributed by atoms with Crippen LogP contribution in [0.5, 0.6) is 0 Å². The van der Waals surface area contributed by atoms with Gasteiger partial charge in [-0.05, 0) is 35.9 Å². The minimum atomic E-state index is -3.85. The van der Waals surface area contributed by atoms with E-state index in [4.69, 9.17) is 28.5 Å². The van der Waals surface area contributed by atoms with Crippen molar-refractivity contribution >= 4 is 39.1 Å². The minimum Gasteiger partial charge on any atom is -0.218 e. The van der Waals surface area contributed by atoms with Crippen molar-refractivity contribution in [2.45, 2.75) is 4.90 Å². The van der Waals surface area contributed by atoms with E-state index in [1.54, 1.807) is 36.4 Å². The Morgan fingerprint density at radius 1 is 1.05 bits per heavy atom. The van der Waals surface area contributed by atoms with Gasteiger partial charge in [0.2, 0.25) is 9.84 Å². The Morgan fingerprint density at radius 3 is 2.29 bits per heavy atom. The number of hydrogen-bond acceptors (Lipinski definition) is 3. The first-order chi connectivity index (χ1) is 9.95. The smallest absolute Gasteiger partial charge is 0.216 e. The van der Waals surface area contributed by atoms with Gasteiger partial charge in [-0.3, -0.25) is 0 Å². The Bertz CT molecular complexity index is 838. The maximum atomic E-state index is 12.4. The predicted octanol–water partition coefficient (Wildman–Crippen LogP) is 4.33.